The van der Waals surface area contributed by atoms with Crippen LogP contribution in [0.4, 0.5) is 10.8 Å². The number of fused-ring (bicyclic) bond motifs is 1. The van der Waals surface area contributed by atoms with Gasteiger partial charge in [-0.05, 0) is 42.8 Å². The number of hydrogen-bond donors (Lipinski definition) is 1. The van der Waals surface area contributed by atoms with Gasteiger partial charge in [-0.15, -0.1) is 0 Å². The maximum Gasteiger partial charge on any atom is 0.261 e. The molecule has 0 bridgehead atoms. The highest BCUT2D eigenvalue weighted by Gasteiger charge is 2.18. The molecular weight excluding hydrogens is 406 g/mol. The number of benzene rings is 2. The van der Waals surface area contributed by atoms with Crippen LogP contribution in [0.5, 0.6) is 0 Å². The van der Waals surface area contributed by atoms with E-state index in [1.165, 1.54) is 6.07 Å². The predicted molar refractivity (Wildman–Crippen MR) is 110 cm³/mol. The number of nitrogens with one attached hydrogen (secondary N) is 1. The zero-order valence-electron chi connectivity index (χ0n) is 14.6. The van der Waals surface area contributed by atoms with Gasteiger partial charge in [0.05, 0.1) is 34.0 Å². The Hall–Kier alpha value is -1.87. The molecule has 0 aliphatic carbocycles. The second-order valence-corrected chi connectivity index (χ2v) is 9.39. The number of thiazole rings is 1. The van der Waals surface area contributed by atoms with Crippen LogP contribution in [0.2, 0.25) is 5.02 Å². The third kappa shape index (κ3) is 3.89. The van der Waals surface area contributed by atoms with Crippen molar-refractivity contribution >= 4 is 54.0 Å². The third-order valence-electron chi connectivity index (χ3n) is 4.36. The van der Waals surface area contributed by atoms with E-state index in [0.29, 0.717) is 23.9 Å². The van der Waals surface area contributed by atoms with E-state index in [4.69, 9.17) is 16.3 Å². The molecule has 0 radical (unpaired) electrons. The normalized spacial score (nSPS) is 15.3. The lowest BCUT2D eigenvalue weighted by molar-refractivity contribution is 0.122. The van der Waals surface area contributed by atoms with Crippen molar-refractivity contribution in [2.75, 3.05) is 35.9 Å². The molecule has 0 saturated carbocycles. The fraction of sp³-hybridized carbons (Fsp3) is 0.278. The van der Waals surface area contributed by atoms with E-state index in [9.17, 15) is 8.42 Å². The maximum atomic E-state index is 12.6. The first-order valence-corrected chi connectivity index (χ1v) is 11.1. The molecule has 0 atom stereocenters. The molecule has 1 aromatic heterocycles. The van der Waals surface area contributed by atoms with E-state index in [1.807, 2.05) is 19.1 Å². The molecule has 3 aromatic rings. The van der Waals surface area contributed by atoms with Gasteiger partial charge in [-0.3, -0.25) is 4.72 Å². The summed E-state index contributed by atoms with van der Waals surface area (Å²) in [5, 5.41) is 1.35. The SMILES string of the molecule is Cc1ccc(S(=O)(=O)Nc2ccc3nc(N4CCOCC4)sc3c2)cc1Cl. The minimum absolute atomic E-state index is 0.136. The number of anilines is 2. The Bertz CT molecular complexity index is 1090. The van der Waals surface area contributed by atoms with E-state index >= 15 is 0 Å². The lowest BCUT2D eigenvalue weighted by Crippen LogP contribution is -2.36. The second-order valence-electron chi connectivity index (χ2n) is 6.29. The number of halogens is 1. The lowest BCUT2D eigenvalue weighted by Gasteiger charge is -2.25. The Morgan fingerprint density at radius 2 is 1.96 bits per heavy atom. The van der Waals surface area contributed by atoms with Crippen molar-refractivity contribution in [2.45, 2.75) is 11.8 Å². The average Bonchev–Trinajstić information content (AvgIpc) is 3.07. The zero-order valence-corrected chi connectivity index (χ0v) is 17.0. The van der Waals surface area contributed by atoms with Crippen LogP contribution < -0.4 is 9.62 Å². The van der Waals surface area contributed by atoms with Crippen molar-refractivity contribution in [3.8, 4) is 0 Å². The van der Waals surface area contributed by atoms with E-state index in [2.05, 4.69) is 14.6 Å². The van der Waals surface area contributed by atoms with Crippen LogP contribution in [0.25, 0.3) is 10.2 Å². The van der Waals surface area contributed by atoms with Gasteiger partial charge in [0.1, 0.15) is 0 Å². The number of nitrogens with zero attached hydrogens (tertiary/aromatic N) is 2. The summed E-state index contributed by atoms with van der Waals surface area (Å²) < 4.78 is 34.2. The first-order chi connectivity index (χ1) is 12.9. The fourth-order valence-electron chi connectivity index (χ4n) is 2.82. The summed E-state index contributed by atoms with van der Waals surface area (Å²) in [6, 6.07) is 10.1. The molecule has 6 nitrogen and oxygen atoms in total. The van der Waals surface area contributed by atoms with E-state index in [1.54, 1.807) is 29.5 Å². The standard InChI is InChI=1S/C18H18ClN3O3S2/c1-12-2-4-14(11-15(12)19)27(23,24)21-13-3-5-16-17(10-13)26-18(20-16)22-6-8-25-9-7-22/h2-5,10-11,21H,6-9H2,1H3. The van der Waals surface area contributed by atoms with Crippen molar-refractivity contribution in [1.82, 2.24) is 4.98 Å². The quantitative estimate of drug-likeness (QED) is 0.689. The first-order valence-electron chi connectivity index (χ1n) is 8.45. The van der Waals surface area contributed by atoms with Gasteiger partial charge in [-0.1, -0.05) is 29.0 Å². The van der Waals surface area contributed by atoms with Gasteiger partial charge >= 0.3 is 0 Å². The van der Waals surface area contributed by atoms with Crippen LogP contribution in [0.15, 0.2) is 41.3 Å². The number of morpholine rings is 1. The highest BCUT2D eigenvalue weighted by Crippen LogP contribution is 2.32. The lowest BCUT2D eigenvalue weighted by atomic mass is 10.2. The van der Waals surface area contributed by atoms with Crippen LogP contribution in [0, 0.1) is 6.92 Å². The summed E-state index contributed by atoms with van der Waals surface area (Å²) in [4.78, 5) is 6.97. The Labute approximate surface area is 166 Å². The molecule has 2 aromatic carbocycles. The van der Waals surface area contributed by atoms with E-state index < -0.39 is 10.0 Å². The van der Waals surface area contributed by atoms with Crippen LogP contribution in [-0.4, -0.2) is 39.7 Å². The molecule has 0 unspecified atom stereocenters. The summed E-state index contributed by atoms with van der Waals surface area (Å²) in [6.07, 6.45) is 0. The summed E-state index contributed by atoms with van der Waals surface area (Å²) in [7, 11) is -3.71. The maximum absolute atomic E-state index is 12.6. The summed E-state index contributed by atoms with van der Waals surface area (Å²) >= 11 is 7.61. The number of rotatable bonds is 4. The van der Waals surface area contributed by atoms with Gasteiger partial charge < -0.3 is 9.64 Å². The van der Waals surface area contributed by atoms with Gasteiger partial charge in [0.15, 0.2) is 5.13 Å². The van der Waals surface area contributed by atoms with Gasteiger partial charge in [-0.25, -0.2) is 13.4 Å². The number of ether oxygens (including phenoxy) is 1. The molecular formula is C18H18ClN3O3S2. The number of hydrogen-bond acceptors (Lipinski definition) is 6. The monoisotopic (exact) mass is 423 g/mol. The van der Waals surface area contributed by atoms with E-state index in [0.717, 1.165) is 34.0 Å². The second kappa shape index (κ2) is 7.27. The minimum Gasteiger partial charge on any atom is -0.378 e. The number of aromatic nitrogens is 1. The summed E-state index contributed by atoms with van der Waals surface area (Å²) in [6.45, 7) is 4.84. The van der Waals surface area contributed by atoms with Crippen LogP contribution >= 0.6 is 22.9 Å². The van der Waals surface area contributed by atoms with Gasteiger partial charge in [0.25, 0.3) is 10.0 Å². The molecule has 2 heterocycles. The number of sulfonamides is 1. The average molecular weight is 424 g/mol. The highest BCUT2D eigenvalue weighted by atomic mass is 35.5. The highest BCUT2D eigenvalue weighted by molar-refractivity contribution is 7.92. The topological polar surface area (TPSA) is 71.5 Å². The smallest absolute Gasteiger partial charge is 0.261 e. The Morgan fingerprint density at radius 1 is 1.19 bits per heavy atom. The molecule has 1 fully saturated rings. The molecule has 1 aliphatic rings. The van der Waals surface area contributed by atoms with Crippen molar-refractivity contribution in [1.29, 1.82) is 0 Å². The van der Waals surface area contributed by atoms with Crippen molar-refractivity contribution in [3.05, 3.63) is 47.0 Å². The van der Waals surface area contributed by atoms with Crippen molar-refractivity contribution in [3.63, 3.8) is 0 Å². The molecule has 4 rings (SSSR count). The molecule has 142 valence electrons. The van der Waals surface area contributed by atoms with Gasteiger partial charge in [0, 0.05) is 18.1 Å². The third-order valence-corrected chi connectivity index (χ3v) is 7.23. The molecule has 1 aliphatic heterocycles. The van der Waals surface area contributed by atoms with Crippen molar-refractivity contribution in [2.24, 2.45) is 0 Å². The zero-order chi connectivity index (χ0) is 19.0. The largest absolute Gasteiger partial charge is 0.378 e. The fourth-order valence-corrected chi connectivity index (χ4v) is 5.20. The van der Waals surface area contributed by atoms with E-state index in [-0.39, 0.29) is 4.90 Å². The Balaban J connectivity index is 1.60. The molecule has 1 N–H and O–H groups in total. The van der Waals surface area contributed by atoms with Crippen LogP contribution in [0.3, 0.4) is 0 Å². The Kier molecular flexibility index (Phi) is 4.98. The molecule has 9 heteroatoms. The molecule has 27 heavy (non-hydrogen) atoms. The van der Waals surface area contributed by atoms with Gasteiger partial charge in [0.2, 0.25) is 0 Å². The summed E-state index contributed by atoms with van der Waals surface area (Å²) in [5.41, 5.74) is 2.18. The van der Waals surface area contributed by atoms with Gasteiger partial charge in [-0.2, -0.15) is 0 Å². The summed E-state index contributed by atoms with van der Waals surface area (Å²) in [5.74, 6) is 0. The first kappa shape index (κ1) is 18.5. The van der Waals surface area contributed by atoms with Crippen LogP contribution in [-0.2, 0) is 14.8 Å². The molecule has 0 amide bonds. The minimum atomic E-state index is -3.71. The molecule has 0 spiro atoms. The molecule has 1 saturated heterocycles. The van der Waals surface area contributed by atoms with Crippen molar-refractivity contribution < 1.29 is 13.2 Å². The predicted octanol–water partition coefficient (Wildman–Crippen LogP) is 3.90. The Morgan fingerprint density at radius 3 is 2.70 bits per heavy atom. The van der Waals surface area contributed by atoms with Crippen LogP contribution in [0.1, 0.15) is 5.56 Å². The number of aryl methyl sites for hydroxylation is 1.